The first-order valence-electron chi connectivity index (χ1n) is 6.44. The van der Waals surface area contributed by atoms with Gasteiger partial charge in [0.15, 0.2) is 0 Å². The Bertz CT molecular complexity index is 240. The van der Waals surface area contributed by atoms with Crippen LogP contribution >= 0.6 is 0 Å². The number of hydrogen-bond acceptors (Lipinski definition) is 3. The molecule has 17 heavy (non-hydrogen) atoms. The van der Waals surface area contributed by atoms with E-state index in [1.165, 1.54) is 0 Å². The van der Waals surface area contributed by atoms with Crippen LogP contribution < -0.4 is 10.6 Å². The van der Waals surface area contributed by atoms with Crippen LogP contribution in [0, 0.1) is 0 Å². The summed E-state index contributed by atoms with van der Waals surface area (Å²) < 4.78 is 0. The third kappa shape index (κ3) is 7.34. The van der Waals surface area contributed by atoms with Crippen LogP contribution in [0.2, 0.25) is 0 Å². The topological polar surface area (TPSA) is 61.4 Å². The molecule has 0 aromatic rings. The molecule has 0 aromatic heterocycles. The Balaban J connectivity index is 4.14. The smallest absolute Gasteiger partial charge is 0.237 e. The zero-order valence-corrected chi connectivity index (χ0v) is 12.0. The van der Waals surface area contributed by atoms with E-state index >= 15 is 0 Å². The summed E-state index contributed by atoms with van der Waals surface area (Å²) in [6.45, 7) is 11.6. The van der Waals surface area contributed by atoms with Gasteiger partial charge in [-0.1, -0.05) is 6.92 Å². The fraction of sp³-hybridized carbons (Fsp3) is 0.923. The lowest BCUT2D eigenvalue weighted by Gasteiger charge is -2.28. The van der Waals surface area contributed by atoms with Gasteiger partial charge in [-0.15, -0.1) is 0 Å². The number of hydrogen-bond donors (Lipinski definition) is 3. The number of aliphatic hydroxyl groups is 1. The third-order valence-electron chi connectivity index (χ3n) is 2.97. The zero-order chi connectivity index (χ0) is 13.6. The fourth-order valence-electron chi connectivity index (χ4n) is 1.61. The first-order valence-corrected chi connectivity index (χ1v) is 6.44. The maximum Gasteiger partial charge on any atom is 0.237 e. The van der Waals surface area contributed by atoms with Crippen LogP contribution in [0.4, 0.5) is 0 Å². The molecule has 1 amide bonds. The van der Waals surface area contributed by atoms with E-state index in [0.29, 0.717) is 6.42 Å². The van der Waals surface area contributed by atoms with Crippen molar-refractivity contribution in [1.29, 1.82) is 0 Å². The van der Waals surface area contributed by atoms with Gasteiger partial charge in [-0.2, -0.15) is 0 Å². The molecule has 0 saturated carbocycles. The molecule has 0 fully saturated rings. The molecule has 0 saturated heterocycles. The van der Waals surface area contributed by atoms with E-state index in [1.807, 2.05) is 27.7 Å². The number of carbonyl (C=O) groups excluding carboxylic acids is 1. The van der Waals surface area contributed by atoms with Gasteiger partial charge < -0.3 is 15.7 Å². The second kappa shape index (κ2) is 6.97. The second-order valence-electron chi connectivity index (χ2n) is 5.60. The van der Waals surface area contributed by atoms with Crippen molar-refractivity contribution in [2.24, 2.45) is 0 Å². The van der Waals surface area contributed by atoms with Crippen LogP contribution in [0.3, 0.4) is 0 Å². The predicted octanol–water partition coefficient (Wildman–Crippen LogP) is 1.43. The summed E-state index contributed by atoms with van der Waals surface area (Å²) >= 11 is 0. The van der Waals surface area contributed by atoms with Crippen molar-refractivity contribution in [3.8, 4) is 0 Å². The highest BCUT2D eigenvalue weighted by Crippen LogP contribution is 2.07. The maximum atomic E-state index is 11.9. The average Bonchev–Trinajstić information content (AvgIpc) is 2.15. The van der Waals surface area contributed by atoms with Crippen LogP contribution in [0.5, 0.6) is 0 Å². The molecule has 0 spiro atoms. The Labute approximate surface area is 105 Å². The van der Waals surface area contributed by atoms with E-state index in [-0.39, 0.29) is 29.6 Å². The number of aliphatic hydroxyl groups excluding tert-OH is 1. The van der Waals surface area contributed by atoms with E-state index in [4.69, 9.17) is 0 Å². The number of carbonyl (C=O) groups is 1. The molecule has 0 heterocycles. The summed E-state index contributed by atoms with van der Waals surface area (Å²) in [6, 6.07) is -0.116. The number of amides is 1. The maximum absolute atomic E-state index is 11.9. The minimum Gasteiger partial charge on any atom is -0.393 e. The average molecular weight is 244 g/mol. The summed E-state index contributed by atoms with van der Waals surface area (Å²) in [5, 5.41) is 15.4. The lowest BCUT2D eigenvalue weighted by Crippen LogP contribution is -2.52. The SMILES string of the molecule is CCC(C)(C)NC(=O)C(C)NC(C)CC(C)O. The lowest BCUT2D eigenvalue weighted by molar-refractivity contribution is -0.124. The molecule has 0 aliphatic carbocycles. The van der Waals surface area contributed by atoms with E-state index in [1.54, 1.807) is 6.92 Å². The summed E-state index contributed by atoms with van der Waals surface area (Å²) in [5.74, 6) is 0.00860. The van der Waals surface area contributed by atoms with Gasteiger partial charge in [-0.25, -0.2) is 0 Å². The Hall–Kier alpha value is -0.610. The summed E-state index contributed by atoms with van der Waals surface area (Å²) in [4.78, 5) is 11.9. The van der Waals surface area contributed by atoms with Crippen LogP contribution in [0.15, 0.2) is 0 Å². The summed E-state index contributed by atoms with van der Waals surface area (Å²) in [5.41, 5.74) is -0.166. The van der Waals surface area contributed by atoms with Crippen LogP contribution in [0.1, 0.15) is 54.4 Å². The molecule has 3 N–H and O–H groups in total. The third-order valence-corrected chi connectivity index (χ3v) is 2.97. The molecular weight excluding hydrogens is 216 g/mol. The first kappa shape index (κ1) is 16.4. The quantitative estimate of drug-likeness (QED) is 0.635. The molecule has 102 valence electrons. The number of rotatable bonds is 7. The van der Waals surface area contributed by atoms with Crippen molar-refractivity contribution in [3.05, 3.63) is 0 Å². The first-order chi connectivity index (χ1) is 7.68. The van der Waals surface area contributed by atoms with Crippen molar-refractivity contribution in [2.75, 3.05) is 0 Å². The Kier molecular flexibility index (Phi) is 6.72. The minimum atomic E-state index is -0.347. The van der Waals surface area contributed by atoms with E-state index in [2.05, 4.69) is 17.6 Å². The van der Waals surface area contributed by atoms with Gasteiger partial charge >= 0.3 is 0 Å². The Morgan fingerprint density at radius 1 is 1.29 bits per heavy atom. The molecule has 3 unspecified atom stereocenters. The van der Waals surface area contributed by atoms with Crippen LogP contribution in [0.25, 0.3) is 0 Å². The van der Waals surface area contributed by atoms with Gasteiger partial charge in [0.25, 0.3) is 0 Å². The Morgan fingerprint density at radius 3 is 2.24 bits per heavy atom. The molecule has 4 heteroatoms. The molecule has 3 atom stereocenters. The normalized spacial score (nSPS) is 17.4. The van der Waals surface area contributed by atoms with Crippen molar-refractivity contribution in [2.45, 2.75) is 78.1 Å². The molecule has 0 rings (SSSR count). The fourth-order valence-corrected chi connectivity index (χ4v) is 1.61. The monoisotopic (exact) mass is 244 g/mol. The predicted molar refractivity (Wildman–Crippen MR) is 70.9 cm³/mol. The molecule has 0 aliphatic rings. The summed E-state index contributed by atoms with van der Waals surface area (Å²) in [7, 11) is 0. The van der Waals surface area contributed by atoms with Gasteiger partial charge in [0.05, 0.1) is 12.1 Å². The van der Waals surface area contributed by atoms with Crippen LogP contribution in [-0.2, 0) is 4.79 Å². The van der Waals surface area contributed by atoms with Crippen molar-refractivity contribution in [3.63, 3.8) is 0 Å². The molecular formula is C13H28N2O2. The molecule has 4 nitrogen and oxygen atoms in total. The minimum absolute atomic E-state index is 0.00860. The largest absolute Gasteiger partial charge is 0.393 e. The second-order valence-corrected chi connectivity index (χ2v) is 5.60. The van der Waals surface area contributed by atoms with E-state index < -0.39 is 0 Å². The van der Waals surface area contributed by atoms with E-state index in [0.717, 1.165) is 6.42 Å². The highest BCUT2D eigenvalue weighted by molar-refractivity contribution is 5.82. The van der Waals surface area contributed by atoms with Gasteiger partial charge in [0.1, 0.15) is 0 Å². The van der Waals surface area contributed by atoms with Crippen molar-refractivity contribution < 1.29 is 9.90 Å². The number of nitrogens with one attached hydrogen (secondary N) is 2. The van der Waals surface area contributed by atoms with Crippen LogP contribution in [-0.4, -0.2) is 34.7 Å². The van der Waals surface area contributed by atoms with Gasteiger partial charge in [-0.3, -0.25) is 4.79 Å². The molecule has 0 radical (unpaired) electrons. The van der Waals surface area contributed by atoms with Crippen molar-refractivity contribution >= 4 is 5.91 Å². The standard InChI is InChI=1S/C13H28N2O2/c1-7-13(5,6)15-12(17)11(4)14-9(2)8-10(3)16/h9-11,14,16H,7-8H2,1-6H3,(H,15,17). The molecule has 0 aliphatic heterocycles. The molecule has 0 bridgehead atoms. The van der Waals surface area contributed by atoms with Gasteiger partial charge in [0.2, 0.25) is 5.91 Å². The summed E-state index contributed by atoms with van der Waals surface area (Å²) in [6.07, 6.45) is 1.20. The Morgan fingerprint density at radius 2 is 1.82 bits per heavy atom. The highest BCUT2D eigenvalue weighted by atomic mass is 16.3. The van der Waals surface area contributed by atoms with E-state index in [9.17, 15) is 9.90 Å². The molecule has 0 aromatic carbocycles. The van der Waals surface area contributed by atoms with Gasteiger partial charge in [-0.05, 0) is 47.5 Å². The highest BCUT2D eigenvalue weighted by Gasteiger charge is 2.22. The van der Waals surface area contributed by atoms with Gasteiger partial charge in [0, 0.05) is 11.6 Å². The van der Waals surface area contributed by atoms with Crippen molar-refractivity contribution in [1.82, 2.24) is 10.6 Å². The zero-order valence-electron chi connectivity index (χ0n) is 12.0. The lowest BCUT2D eigenvalue weighted by atomic mass is 10.0.